The summed E-state index contributed by atoms with van der Waals surface area (Å²) in [5.74, 6) is -0.103. The first kappa shape index (κ1) is 13.0. The maximum absolute atomic E-state index is 13.4. The van der Waals surface area contributed by atoms with Crippen LogP contribution in [0.3, 0.4) is 0 Å². The van der Waals surface area contributed by atoms with Gasteiger partial charge in [-0.3, -0.25) is 0 Å². The second-order valence-corrected chi connectivity index (χ2v) is 4.30. The summed E-state index contributed by atoms with van der Waals surface area (Å²) in [6.45, 7) is 10.3. The molecule has 0 bridgehead atoms. The van der Waals surface area contributed by atoms with Crippen LogP contribution in [0.4, 0.5) is 10.1 Å². The highest BCUT2D eigenvalue weighted by Crippen LogP contribution is 2.25. The van der Waals surface area contributed by atoms with Crippen LogP contribution in [0.15, 0.2) is 12.1 Å². The van der Waals surface area contributed by atoms with Crippen LogP contribution in [-0.2, 0) is 0 Å². The summed E-state index contributed by atoms with van der Waals surface area (Å²) in [5, 5.41) is 0. The van der Waals surface area contributed by atoms with Gasteiger partial charge in [-0.1, -0.05) is 13.8 Å². The van der Waals surface area contributed by atoms with Gasteiger partial charge < -0.3 is 4.90 Å². The molecule has 0 aliphatic rings. The quantitative estimate of drug-likeness (QED) is 0.727. The first-order chi connectivity index (χ1) is 7.61. The van der Waals surface area contributed by atoms with Gasteiger partial charge in [-0.05, 0) is 49.9 Å². The second kappa shape index (κ2) is 5.88. The minimum absolute atomic E-state index is 0.103. The fraction of sp³-hybridized carbons (Fsp3) is 0.571. The first-order valence-corrected chi connectivity index (χ1v) is 6.12. The molecule has 2 heteroatoms. The monoisotopic (exact) mass is 223 g/mol. The zero-order valence-corrected chi connectivity index (χ0v) is 10.8. The Kier molecular flexibility index (Phi) is 4.78. The van der Waals surface area contributed by atoms with E-state index in [1.165, 1.54) is 5.69 Å². The highest BCUT2D eigenvalue weighted by Gasteiger charge is 2.11. The van der Waals surface area contributed by atoms with Crippen LogP contribution < -0.4 is 4.90 Å². The third-order valence-electron chi connectivity index (χ3n) is 3.02. The lowest BCUT2D eigenvalue weighted by Gasteiger charge is -2.26. The van der Waals surface area contributed by atoms with Crippen LogP contribution in [0.2, 0.25) is 0 Å². The van der Waals surface area contributed by atoms with Gasteiger partial charge in [0.1, 0.15) is 5.82 Å². The summed E-state index contributed by atoms with van der Waals surface area (Å²) in [6, 6.07) is 3.49. The van der Waals surface area contributed by atoms with E-state index in [1.54, 1.807) is 6.07 Å². The molecule has 1 aromatic carbocycles. The Morgan fingerprint density at radius 2 is 1.56 bits per heavy atom. The third-order valence-corrected chi connectivity index (χ3v) is 3.02. The minimum atomic E-state index is -0.103. The van der Waals surface area contributed by atoms with E-state index in [4.69, 9.17) is 0 Å². The number of hydrogen-bond donors (Lipinski definition) is 0. The van der Waals surface area contributed by atoms with Crippen molar-refractivity contribution in [2.75, 3.05) is 18.0 Å². The maximum Gasteiger partial charge on any atom is 0.126 e. The molecular formula is C14H22FN. The summed E-state index contributed by atoms with van der Waals surface area (Å²) in [7, 11) is 0. The van der Waals surface area contributed by atoms with E-state index in [0.29, 0.717) is 0 Å². The fourth-order valence-electron chi connectivity index (χ4n) is 2.01. The van der Waals surface area contributed by atoms with Gasteiger partial charge in [-0.2, -0.15) is 0 Å². The van der Waals surface area contributed by atoms with E-state index in [-0.39, 0.29) is 5.82 Å². The molecular weight excluding hydrogens is 201 g/mol. The standard InChI is InChI=1S/C14H22FN/c1-5-9-16(10-6-2)14-8-7-13(15)11(3)12(14)4/h7-8H,5-6,9-10H2,1-4H3. The van der Waals surface area contributed by atoms with Crippen molar-refractivity contribution >= 4 is 5.69 Å². The predicted molar refractivity (Wildman–Crippen MR) is 68.7 cm³/mol. The van der Waals surface area contributed by atoms with E-state index >= 15 is 0 Å². The molecule has 0 aliphatic heterocycles. The molecule has 0 heterocycles. The van der Waals surface area contributed by atoms with Gasteiger partial charge in [0.05, 0.1) is 0 Å². The van der Waals surface area contributed by atoms with Crippen LogP contribution in [0.25, 0.3) is 0 Å². The van der Waals surface area contributed by atoms with Crippen LogP contribution in [0.1, 0.15) is 37.8 Å². The van der Waals surface area contributed by atoms with E-state index < -0.39 is 0 Å². The molecule has 0 aliphatic carbocycles. The molecule has 16 heavy (non-hydrogen) atoms. The lowest BCUT2D eigenvalue weighted by Crippen LogP contribution is -2.25. The number of nitrogens with zero attached hydrogens (tertiary/aromatic N) is 1. The number of anilines is 1. The minimum Gasteiger partial charge on any atom is -0.371 e. The molecule has 0 saturated carbocycles. The number of benzene rings is 1. The molecule has 0 amide bonds. The molecule has 1 aromatic rings. The molecule has 0 spiro atoms. The maximum atomic E-state index is 13.4. The normalized spacial score (nSPS) is 10.6. The Bertz CT molecular complexity index is 341. The van der Waals surface area contributed by atoms with Gasteiger partial charge in [0.15, 0.2) is 0 Å². The summed E-state index contributed by atoms with van der Waals surface area (Å²) in [4.78, 5) is 2.35. The number of hydrogen-bond acceptors (Lipinski definition) is 1. The van der Waals surface area contributed by atoms with Crippen LogP contribution in [0.5, 0.6) is 0 Å². The van der Waals surface area contributed by atoms with Crippen molar-refractivity contribution in [2.24, 2.45) is 0 Å². The highest BCUT2D eigenvalue weighted by atomic mass is 19.1. The molecule has 0 aromatic heterocycles. The Morgan fingerprint density at radius 3 is 2.06 bits per heavy atom. The average Bonchev–Trinajstić information content (AvgIpc) is 2.26. The average molecular weight is 223 g/mol. The lowest BCUT2D eigenvalue weighted by molar-refractivity contribution is 0.616. The van der Waals surface area contributed by atoms with Gasteiger partial charge in [0.25, 0.3) is 0 Å². The number of rotatable bonds is 5. The summed E-state index contributed by atoms with van der Waals surface area (Å²) < 4.78 is 13.4. The molecule has 0 fully saturated rings. The fourth-order valence-corrected chi connectivity index (χ4v) is 2.01. The summed E-state index contributed by atoms with van der Waals surface area (Å²) >= 11 is 0. The molecule has 0 N–H and O–H groups in total. The van der Waals surface area contributed by atoms with Crippen molar-refractivity contribution in [1.82, 2.24) is 0 Å². The van der Waals surface area contributed by atoms with Crippen molar-refractivity contribution in [1.29, 1.82) is 0 Å². The van der Waals surface area contributed by atoms with Crippen LogP contribution >= 0.6 is 0 Å². The highest BCUT2D eigenvalue weighted by molar-refractivity contribution is 5.56. The third kappa shape index (κ3) is 2.75. The van der Waals surface area contributed by atoms with E-state index in [1.807, 2.05) is 19.9 Å². The summed E-state index contributed by atoms with van der Waals surface area (Å²) in [5.41, 5.74) is 3.03. The Hall–Kier alpha value is -1.05. The van der Waals surface area contributed by atoms with Crippen molar-refractivity contribution in [2.45, 2.75) is 40.5 Å². The van der Waals surface area contributed by atoms with Crippen molar-refractivity contribution in [3.63, 3.8) is 0 Å². The topological polar surface area (TPSA) is 3.24 Å². The lowest BCUT2D eigenvalue weighted by atomic mass is 10.1. The molecule has 0 atom stereocenters. The van der Waals surface area contributed by atoms with Crippen molar-refractivity contribution < 1.29 is 4.39 Å². The zero-order valence-electron chi connectivity index (χ0n) is 10.8. The number of halogens is 1. The van der Waals surface area contributed by atoms with Crippen LogP contribution in [-0.4, -0.2) is 13.1 Å². The molecule has 0 radical (unpaired) electrons. The van der Waals surface area contributed by atoms with Gasteiger partial charge in [0, 0.05) is 18.8 Å². The van der Waals surface area contributed by atoms with Crippen molar-refractivity contribution in [3.05, 3.63) is 29.1 Å². The molecule has 90 valence electrons. The molecule has 0 saturated heterocycles. The van der Waals surface area contributed by atoms with Gasteiger partial charge in [-0.15, -0.1) is 0 Å². The smallest absolute Gasteiger partial charge is 0.126 e. The molecule has 1 nitrogen and oxygen atoms in total. The van der Waals surface area contributed by atoms with Gasteiger partial charge in [-0.25, -0.2) is 4.39 Å². The largest absolute Gasteiger partial charge is 0.371 e. The molecule has 0 unspecified atom stereocenters. The van der Waals surface area contributed by atoms with E-state index in [0.717, 1.165) is 37.1 Å². The Morgan fingerprint density at radius 1 is 1.00 bits per heavy atom. The molecule has 1 rings (SSSR count). The predicted octanol–water partition coefficient (Wildman–Crippen LogP) is 4.07. The van der Waals surface area contributed by atoms with E-state index in [9.17, 15) is 4.39 Å². The van der Waals surface area contributed by atoms with Crippen LogP contribution in [0, 0.1) is 19.7 Å². The SMILES string of the molecule is CCCN(CCC)c1ccc(F)c(C)c1C. The van der Waals surface area contributed by atoms with E-state index in [2.05, 4.69) is 18.7 Å². The summed E-state index contributed by atoms with van der Waals surface area (Å²) in [6.07, 6.45) is 2.24. The van der Waals surface area contributed by atoms with Gasteiger partial charge >= 0.3 is 0 Å². The Balaban J connectivity index is 3.04. The Labute approximate surface area is 98.3 Å². The zero-order chi connectivity index (χ0) is 12.1. The van der Waals surface area contributed by atoms with Gasteiger partial charge in [0.2, 0.25) is 0 Å². The van der Waals surface area contributed by atoms with Crippen molar-refractivity contribution in [3.8, 4) is 0 Å². The second-order valence-electron chi connectivity index (χ2n) is 4.30. The first-order valence-electron chi connectivity index (χ1n) is 6.12.